The van der Waals surface area contributed by atoms with Gasteiger partial charge in [0.05, 0.1) is 29.8 Å². The maximum absolute atomic E-state index is 10.7. The lowest BCUT2D eigenvalue weighted by atomic mass is 10.0. The normalized spacial score (nSPS) is 11.4. The number of nitriles is 1. The summed E-state index contributed by atoms with van der Waals surface area (Å²) in [4.78, 5) is 14.8. The van der Waals surface area contributed by atoms with E-state index in [9.17, 15) is 4.79 Å². The summed E-state index contributed by atoms with van der Waals surface area (Å²) in [6, 6.07) is 8.65. The molecule has 0 saturated heterocycles. The Kier molecular flexibility index (Phi) is 4.97. The molecule has 1 N–H and O–H groups in total. The smallest absolute Gasteiger partial charge is 0.151 e. The molecule has 0 bridgehead atoms. The number of aldehydes is 1. The standard InChI is InChI=1S/C16H14ClN3O2/c1-10(13-5-11(7-18)3-4-15(13)22-2)20-16-14(17)6-12(9-21)8-19-16/h3-6,8-10H,1-2H3,(H,19,20)/t10-/m0/s1. The van der Waals surface area contributed by atoms with E-state index in [1.165, 1.54) is 6.20 Å². The van der Waals surface area contributed by atoms with Gasteiger partial charge < -0.3 is 10.1 Å². The van der Waals surface area contributed by atoms with Crippen LogP contribution in [-0.4, -0.2) is 18.4 Å². The van der Waals surface area contributed by atoms with Gasteiger partial charge in [0.15, 0.2) is 6.29 Å². The van der Waals surface area contributed by atoms with Crippen molar-refractivity contribution in [2.75, 3.05) is 12.4 Å². The van der Waals surface area contributed by atoms with Crippen molar-refractivity contribution >= 4 is 23.7 Å². The highest BCUT2D eigenvalue weighted by atomic mass is 35.5. The predicted octanol–water partition coefficient (Wildman–Crippen LogP) is 3.60. The second kappa shape index (κ2) is 6.92. The third-order valence-electron chi connectivity index (χ3n) is 3.18. The molecule has 5 nitrogen and oxygen atoms in total. The number of rotatable bonds is 5. The second-order valence-corrected chi connectivity index (χ2v) is 5.06. The zero-order valence-electron chi connectivity index (χ0n) is 12.1. The fourth-order valence-electron chi connectivity index (χ4n) is 2.05. The minimum Gasteiger partial charge on any atom is -0.496 e. The van der Waals surface area contributed by atoms with Gasteiger partial charge in [0.1, 0.15) is 11.6 Å². The van der Waals surface area contributed by atoms with Crippen LogP contribution in [0.1, 0.15) is 34.5 Å². The molecule has 0 aliphatic heterocycles. The van der Waals surface area contributed by atoms with Crippen LogP contribution in [0.15, 0.2) is 30.5 Å². The molecule has 0 fully saturated rings. The van der Waals surface area contributed by atoms with E-state index in [0.29, 0.717) is 34.0 Å². The van der Waals surface area contributed by atoms with Crippen LogP contribution in [0.25, 0.3) is 0 Å². The van der Waals surface area contributed by atoms with E-state index >= 15 is 0 Å². The van der Waals surface area contributed by atoms with Crippen LogP contribution >= 0.6 is 11.6 Å². The Morgan fingerprint density at radius 2 is 2.23 bits per heavy atom. The minimum atomic E-state index is -0.185. The second-order valence-electron chi connectivity index (χ2n) is 4.65. The van der Waals surface area contributed by atoms with Gasteiger partial charge in [0.25, 0.3) is 0 Å². The Balaban J connectivity index is 2.31. The van der Waals surface area contributed by atoms with Gasteiger partial charge in [-0.15, -0.1) is 0 Å². The molecule has 0 spiro atoms. The van der Waals surface area contributed by atoms with Crippen molar-refractivity contribution in [1.82, 2.24) is 4.98 Å². The van der Waals surface area contributed by atoms with Gasteiger partial charge in [-0.2, -0.15) is 5.26 Å². The molecule has 2 rings (SSSR count). The zero-order chi connectivity index (χ0) is 16.1. The van der Waals surface area contributed by atoms with Crippen molar-refractivity contribution in [2.24, 2.45) is 0 Å². The lowest BCUT2D eigenvalue weighted by Crippen LogP contribution is -2.10. The number of hydrogen-bond donors (Lipinski definition) is 1. The van der Waals surface area contributed by atoms with E-state index in [2.05, 4.69) is 16.4 Å². The number of hydrogen-bond acceptors (Lipinski definition) is 5. The number of aromatic nitrogens is 1. The summed E-state index contributed by atoms with van der Waals surface area (Å²) in [5.41, 5.74) is 1.77. The highest BCUT2D eigenvalue weighted by Crippen LogP contribution is 2.30. The number of pyridine rings is 1. The first kappa shape index (κ1) is 15.8. The molecule has 2 aromatic rings. The van der Waals surface area contributed by atoms with Crippen LogP contribution in [0.5, 0.6) is 5.75 Å². The molecule has 1 heterocycles. The maximum Gasteiger partial charge on any atom is 0.151 e. The summed E-state index contributed by atoms with van der Waals surface area (Å²) in [6.07, 6.45) is 2.13. The molecule has 0 radical (unpaired) electrons. The summed E-state index contributed by atoms with van der Waals surface area (Å²) in [5, 5.41) is 12.5. The SMILES string of the molecule is COc1ccc(C#N)cc1[C@H](C)Nc1ncc(C=O)cc1Cl. The summed E-state index contributed by atoms with van der Waals surface area (Å²) in [6.45, 7) is 1.91. The van der Waals surface area contributed by atoms with Crippen LogP contribution in [0.3, 0.4) is 0 Å². The summed E-state index contributed by atoms with van der Waals surface area (Å²) in [5.74, 6) is 1.13. The number of ether oxygens (including phenoxy) is 1. The molecule has 22 heavy (non-hydrogen) atoms. The monoisotopic (exact) mass is 315 g/mol. The molecule has 1 atom stereocenters. The molecular weight excluding hydrogens is 302 g/mol. The van der Waals surface area contributed by atoms with E-state index in [-0.39, 0.29) is 6.04 Å². The number of anilines is 1. The first-order chi connectivity index (χ1) is 10.6. The van der Waals surface area contributed by atoms with E-state index < -0.39 is 0 Å². The zero-order valence-corrected chi connectivity index (χ0v) is 12.9. The van der Waals surface area contributed by atoms with Crippen molar-refractivity contribution < 1.29 is 9.53 Å². The van der Waals surface area contributed by atoms with Gasteiger partial charge in [-0.05, 0) is 31.2 Å². The van der Waals surface area contributed by atoms with Gasteiger partial charge in [0, 0.05) is 17.3 Å². The van der Waals surface area contributed by atoms with Crippen molar-refractivity contribution in [3.8, 4) is 11.8 Å². The number of carbonyl (C=O) groups excluding carboxylic acids is 1. The molecule has 112 valence electrons. The average Bonchev–Trinajstić information content (AvgIpc) is 2.55. The fourth-order valence-corrected chi connectivity index (χ4v) is 2.28. The van der Waals surface area contributed by atoms with Gasteiger partial charge in [0.2, 0.25) is 0 Å². The summed E-state index contributed by atoms with van der Waals surface area (Å²) >= 11 is 6.10. The van der Waals surface area contributed by atoms with Crippen LogP contribution in [-0.2, 0) is 0 Å². The van der Waals surface area contributed by atoms with Crippen molar-refractivity contribution in [2.45, 2.75) is 13.0 Å². The number of nitrogens with one attached hydrogen (secondary N) is 1. The average molecular weight is 316 g/mol. The summed E-state index contributed by atoms with van der Waals surface area (Å²) in [7, 11) is 1.57. The third-order valence-corrected chi connectivity index (χ3v) is 3.47. The van der Waals surface area contributed by atoms with E-state index in [1.807, 2.05) is 6.92 Å². The van der Waals surface area contributed by atoms with E-state index in [0.717, 1.165) is 5.56 Å². The van der Waals surface area contributed by atoms with Crippen molar-refractivity contribution in [3.05, 3.63) is 52.2 Å². The van der Waals surface area contributed by atoms with Crippen molar-refractivity contribution in [1.29, 1.82) is 5.26 Å². The molecule has 0 amide bonds. The van der Waals surface area contributed by atoms with Gasteiger partial charge >= 0.3 is 0 Å². The number of carbonyl (C=O) groups is 1. The van der Waals surface area contributed by atoms with Gasteiger partial charge in [-0.1, -0.05) is 11.6 Å². The first-order valence-corrected chi connectivity index (χ1v) is 6.92. The fraction of sp³-hybridized carbons (Fsp3) is 0.188. The largest absolute Gasteiger partial charge is 0.496 e. The van der Waals surface area contributed by atoms with Crippen LogP contribution in [0.2, 0.25) is 5.02 Å². The minimum absolute atomic E-state index is 0.185. The highest BCUT2D eigenvalue weighted by molar-refractivity contribution is 6.33. The molecule has 1 aromatic heterocycles. The highest BCUT2D eigenvalue weighted by Gasteiger charge is 2.14. The molecule has 6 heteroatoms. The molecule has 0 aliphatic rings. The lowest BCUT2D eigenvalue weighted by molar-refractivity contribution is 0.112. The lowest BCUT2D eigenvalue weighted by Gasteiger charge is -2.18. The third kappa shape index (κ3) is 3.35. The maximum atomic E-state index is 10.7. The topological polar surface area (TPSA) is 75.0 Å². The van der Waals surface area contributed by atoms with Gasteiger partial charge in [-0.3, -0.25) is 4.79 Å². The Morgan fingerprint density at radius 3 is 2.82 bits per heavy atom. The first-order valence-electron chi connectivity index (χ1n) is 6.54. The molecular formula is C16H14ClN3O2. The number of benzene rings is 1. The quantitative estimate of drug-likeness (QED) is 0.853. The van der Waals surface area contributed by atoms with Crippen LogP contribution in [0.4, 0.5) is 5.82 Å². The Morgan fingerprint density at radius 1 is 1.45 bits per heavy atom. The Hall–Kier alpha value is -2.58. The summed E-state index contributed by atoms with van der Waals surface area (Å²) < 4.78 is 5.32. The number of halogens is 1. The van der Waals surface area contributed by atoms with Crippen LogP contribution in [0, 0.1) is 11.3 Å². The Labute approximate surface area is 133 Å². The molecule has 0 aliphatic carbocycles. The van der Waals surface area contributed by atoms with Crippen LogP contribution < -0.4 is 10.1 Å². The number of methoxy groups -OCH3 is 1. The molecule has 0 unspecified atom stereocenters. The van der Waals surface area contributed by atoms with E-state index in [4.69, 9.17) is 21.6 Å². The van der Waals surface area contributed by atoms with Crippen molar-refractivity contribution in [3.63, 3.8) is 0 Å². The van der Waals surface area contributed by atoms with E-state index in [1.54, 1.807) is 31.4 Å². The predicted molar refractivity (Wildman–Crippen MR) is 84.4 cm³/mol. The molecule has 0 saturated carbocycles. The van der Waals surface area contributed by atoms with Gasteiger partial charge in [-0.25, -0.2) is 4.98 Å². The Bertz CT molecular complexity index is 741. The molecule has 1 aromatic carbocycles. The number of nitrogens with zero attached hydrogens (tertiary/aromatic N) is 2.